The second-order valence-corrected chi connectivity index (χ2v) is 8.92. The lowest BCUT2D eigenvalue weighted by Gasteiger charge is -2.34. The standard InChI is InChI=1S/C24H31NO4/c1-14-11-20(28-13-22(26)25-19-10-6-7-15(2)16(19)3)23-17-8-4-5-9-18(17)24(27)29-21(23)12-14/h11-12,15-16,19H,4-10,13H2,1-3H3,(H,25,26)/t15-,16-,19-/m1/s1. The van der Waals surface area contributed by atoms with Crippen molar-refractivity contribution in [3.8, 4) is 5.75 Å². The second kappa shape index (κ2) is 8.21. The highest BCUT2D eigenvalue weighted by atomic mass is 16.5. The minimum absolute atomic E-state index is 0.0238. The predicted octanol–water partition coefficient (Wildman–Crippen LogP) is 4.30. The molecule has 0 unspecified atom stereocenters. The molecule has 1 heterocycles. The van der Waals surface area contributed by atoms with Crippen LogP contribution in [0.3, 0.4) is 0 Å². The van der Waals surface area contributed by atoms with Crippen LogP contribution in [0, 0.1) is 18.8 Å². The summed E-state index contributed by atoms with van der Waals surface area (Å²) in [5, 5.41) is 4.02. The van der Waals surface area contributed by atoms with Crippen molar-refractivity contribution in [1.29, 1.82) is 0 Å². The zero-order valence-corrected chi connectivity index (χ0v) is 17.7. The van der Waals surface area contributed by atoms with Gasteiger partial charge in [-0.15, -0.1) is 0 Å². The summed E-state index contributed by atoms with van der Waals surface area (Å²) in [7, 11) is 0. The first-order valence-corrected chi connectivity index (χ1v) is 11.0. The fraction of sp³-hybridized carbons (Fsp3) is 0.583. The van der Waals surface area contributed by atoms with Gasteiger partial charge in [0.2, 0.25) is 0 Å². The average Bonchev–Trinajstić information content (AvgIpc) is 2.69. The Morgan fingerprint density at radius 2 is 1.90 bits per heavy atom. The summed E-state index contributed by atoms with van der Waals surface area (Å²) < 4.78 is 11.6. The van der Waals surface area contributed by atoms with Gasteiger partial charge in [0.25, 0.3) is 5.91 Å². The number of aryl methyl sites for hydroxylation is 2. The summed E-state index contributed by atoms with van der Waals surface area (Å²) >= 11 is 0. The Kier molecular flexibility index (Phi) is 5.66. The number of carbonyl (C=O) groups excluding carboxylic acids is 1. The van der Waals surface area contributed by atoms with E-state index in [1.165, 1.54) is 6.42 Å². The molecule has 156 valence electrons. The van der Waals surface area contributed by atoms with Gasteiger partial charge in [0.05, 0.1) is 5.39 Å². The van der Waals surface area contributed by atoms with E-state index in [1.807, 2.05) is 19.1 Å². The fourth-order valence-corrected chi connectivity index (χ4v) is 4.96. The molecule has 0 aliphatic heterocycles. The van der Waals surface area contributed by atoms with Gasteiger partial charge < -0.3 is 14.5 Å². The summed E-state index contributed by atoms with van der Waals surface area (Å²) in [5.41, 5.74) is 3.07. The number of rotatable bonds is 4. The van der Waals surface area contributed by atoms with Gasteiger partial charge in [0.15, 0.2) is 6.61 Å². The van der Waals surface area contributed by atoms with Gasteiger partial charge >= 0.3 is 5.63 Å². The van der Waals surface area contributed by atoms with Gasteiger partial charge in [-0.05, 0) is 74.1 Å². The molecule has 1 N–H and O–H groups in total. The molecule has 5 nitrogen and oxygen atoms in total. The molecule has 29 heavy (non-hydrogen) atoms. The first-order chi connectivity index (χ1) is 13.9. The smallest absolute Gasteiger partial charge is 0.339 e. The summed E-state index contributed by atoms with van der Waals surface area (Å²) in [5.74, 6) is 1.66. The van der Waals surface area contributed by atoms with E-state index in [-0.39, 0.29) is 24.2 Å². The van der Waals surface area contributed by atoms with Crippen molar-refractivity contribution in [3.63, 3.8) is 0 Å². The molecule has 1 amide bonds. The maximum absolute atomic E-state index is 12.6. The minimum Gasteiger partial charge on any atom is -0.483 e. The molecule has 1 aromatic carbocycles. The van der Waals surface area contributed by atoms with Crippen LogP contribution in [0.1, 0.15) is 62.6 Å². The molecular weight excluding hydrogens is 366 g/mol. The molecule has 1 saturated carbocycles. The van der Waals surface area contributed by atoms with E-state index < -0.39 is 0 Å². The van der Waals surface area contributed by atoms with E-state index in [1.54, 1.807) is 0 Å². The number of nitrogens with one attached hydrogen (secondary N) is 1. The van der Waals surface area contributed by atoms with Crippen LogP contribution in [0.2, 0.25) is 0 Å². The number of hydrogen-bond acceptors (Lipinski definition) is 4. The molecule has 1 aromatic heterocycles. The Balaban J connectivity index is 1.56. The predicted molar refractivity (Wildman–Crippen MR) is 113 cm³/mol. The van der Waals surface area contributed by atoms with Gasteiger partial charge in [-0.2, -0.15) is 0 Å². The van der Waals surface area contributed by atoms with Gasteiger partial charge in [0.1, 0.15) is 11.3 Å². The second-order valence-electron chi connectivity index (χ2n) is 8.92. The third-order valence-electron chi connectivity index (χ3n) is 6.84. The average molecular weight is 398 g/mol. The van der Waals surface area contributed by atoms with Crippen LogP contribution in [-0.4, -0.2) is 18.6 Å². The number of amides is 1. The quantitative estimate of drug-likeness (QED) is 0.781. The molecule has 1 fully saturated rings. The zero-order chi connectivity index (χ0) is 20.5. The van der Waals surface area contributed by atoms with Crippen molar-refractivity contribution in [3.05, 3.63) is 39.2 Å². The summed E-state index contributed by atoms with van der Waals surface area (Å²) in [6.07, 6.45) is 7.08. The van der Waals surface area contributed by atoms with E-state index in [0.717, 1.165) is 60.6 Å². The van der Waals surface area contributed by atoms with Crippen LogP contribution < -0.4 is 15.7 Å². The van der Waals surface area contributed by atoms with E-state index in [0.29, 0.717) is 23.2 Å². The SMILES string of the molecule is Cc1cc(OCC(=O)N[C@@H]2CCC[C@@H](C)[C@H]2C)c2c3c(c(=O)oc2c1)CCCC3. The lowest BCUT2D eigenvalue weighted by atomic mass is 9.78. The molecule has 5 heteroatoms. The topological polar surface area (TPSA) is 68.5 Å². The highest BCUT2D eigenvalue weighted by molar-refractivity contribution is 5.89. The lowest BCUT2D eigenvalue weighted by Crippen LogP contribution is -2.45. The maximum atomic E-state index is 12.6. The molecule has 0 spiro atoms. The number of carbonyl (C=O) groups is 1. The van der Waals surface area contributed by atoms with E-state index in [9.17, 15) is 9.59 Å². The molecule has 2 aliphatic carbocycles. The Hall–Kier alpha value is -2.30. The van der Waals surface area contributed by atoms with Crippen LogP contribution in [-0.2, 0) is 17.6 Å². The van der Waals surface area contributed by atoms with Gasteiger partial charge in [0, 0.05) is 11.6 Å². The molecule has 2 aromatic rings. The monoisotopic (exact) mass is 397 g/mol. The highest BCUT2D eigenvalue weighted by Gasteiger charge is 2.28. The minimum atomic E-state index is -0.234. The van der Waals surface area contributed by atoms with Crippen LogP contribution in [0.25, 0.3) is 11.0 Å². The lowest BCUT2D eigenvalue weighted by molar-refractivity contribution is -0.124. The van der Waals surface area contributed by atoms with Crippen molar-refractivity contribution in [2.24, 2.45) is 11.8 Å². The Morgan fingerprint density at radius 1 is 1.14 bits per heavy atom. The van der Waals surface area contributed by atoms with E-state index in [4.69, 9.17) is 9.15 Å². The summed E-state index contributed by atoms with van der Waals surface area (Å²) in [6, 6.07) is 4.04. The number of benzene rings is 1. The molecule has 0 bridgehead atoms. The zero-order valence-electron chi connectivity index (χ0n) is 17.7. The molecule has 2 aliphatic rings. The van der Waals surface area contributed by atoms with Gasteiger partial charge in [-0.25, -0.2) is 4.79 Å². The van der Waals surface area contributed by atoms with Crippen LogP contribution in [0.15, 0.2) is 21.3 Å². The van der Waals surface area contributed by atoms with Crippen molar-refractivity contribution < 1.29 is 13.9 Å². The molecule has 4 rings (SSSR count). The van der Waals surface area contributed by atoms with E-state index >= 15 is 0 Å². The first-order valence-electron chi connectivity index (χ1n) is 11.0. The Bertz CT molecular complexity index is 977. The van der Waals surface area contributed by atoms with E-state index in [2.05, 4.69) is 19.2 Å². The fourth-order valence-electron chi connectivity index (χ4n) is 4.96. The number of ether oxygens (including phenoxy) is 1. The third-order valence-corrected chi connectivity index (χ3v) is 6.84. The summed E-state index contributed by atoms with van der Waals surface area (Å²) in [4.78, 5) is 25.0. The van der Waals surface area contributed by atoms with Crippen molar-refractivity contribution in [2.75, 3.05) is 6.61 Å². The molecular formula is C24H31NO4. The molecule has 3 atom stereocenters. The largest absolute Gasteiger partial charge is 0.483 e. The Labute approximate surface area is 171 Å². The maximum Gasteiger partial charge on any atom is 0.339 e. The van der Waals surface area contributed by atoms with Crippen LogP contribution >= 0.6 is 0 Å². The molecule has 0 saturated heterocycles. The molecule has 0 radical (unpaired) electrons. The number of fused-ring (bicyclic) bond motifs is 3. The van der Waals surface area contributed by atoms with Gasteiger partial charge in [-0.3, -0.25) is 4.79 Å². The van der Waals surface area contributed by atoms with Crippen molar-refractivity contribution in [2.45, 2.75) is 71.8 Å². The third kappa shape index (κ3) is 4.05. The van der Waals surface area contributed by atoms with Crippen LogP contribution in [0.4, 0.5) is 0 Å². The van der Waals surface area contributed by atoms with Crippen molar-refractivity contribution in [1.82, 2.24) is 5.32 Å². The van der Waals surface area contributed by atoms with Gasteiger partial charge in [-0.1, -0.05) is 26.7 Å². The normalized spacial score (nSPS) is 24.2. The van der Waals surface area contributed by atoms with Crippen molar-refractivity contribution >= 4 is 16.9 Å². The highest BCUT2D eigenvalue weighted by Crippen LogP contribution is 2.34. The summed E-state index contributed by atoms with van der Waals surface area (Å²) in [6.45, 7) is 6.40. The number of hydrogen-bond donors (Lipinski definition) is 1. The first kappa shape index (κ1) is 20.0. The van der Waals surface area contributed by atoms with Crippen LogP contribution in [0.5, 0.6) is 5.75 Å². The Morgan fingerprint density at radius 3 is 2.69 bits per heavy atom.